The van der Waals surface area contributed by atoms with Crippen molar-refractivity contribution in [2.24, 2.45) is 10.9 Å². The summed E-state index contributed by atoms with van der Waals surface area (Å²) >= 11 is 1.67. The van der Waals surface area contributed by atoms with Crippen LogP contribution in [0.5, 0.6) is 5.75 Å². The lowest BCUT2D eigenvalue weighted by molar-refractivity contribution is 0.249. The average Bonchev–Trinajstić information content (AvgIpc) is 2.82. The summed E-state index contributed by atoms with van der Waals surface area (Å²) in [5.74, 6) is 1.36. The Labute approximate surface area is 206 Å². The summed E-state index contributed by atoms with van der Waals surface area (Å²) in [5.41, 5.74) is 4.70. The Balaban J connectivity index is 3.01. The molecule has 0 aliphatic carbocycles. The van der Waals surface area contributed by atoms with Crippen LogP contribution in [0.15, 0.2) is 71.3 Å². The van der Waals surface area contributed by atoms with Crippen LogP contribution in [0.1, 0.15) is 71.9 Å². The Kier molecular flexibility index (Phi) is 13.3. The molecule has 0 aliphatic rings. The molecule has 0 fully saturated rings. The minimum absolute atomic E-state index is 0.518. The van der Waals surface area contributed by atoms with E-state index < -0.39 is 0 Å². The Bertz CT molecular complexity index is 908. The van der Waals surface area contributed by atoms with Crippen molar-refractivity contribution in [3.63, 3.8) is 0 Å². The molecule has 0 aromatic heterocycles. The molecule has 0 aliphatic heterocycles. The van der Waals surface area contributed by atoms with Crippen molar-refractivity contribution >= 4 is 28.6 Å². The minimum Gasteiger partial charge on any atom is -0.493 e. The molecular formula is C29H42N2OS. The van der Waals surface area contributed by atoms with Gasteiger partial charge < -0.3 is 10.1 Å². The molecular weight excluding hydrogens is 424 g/mol. The van der Waals surface area contributed by atoms with Gasteiger partial charge in [0.15, 0.2) is 0 Å². The monoisotopic (exact) mass is 466 g/mol. The van der Waals surface area contributed by atoms with Gasteiger partial charge in [-0.05, 0) is 74.3 Å². The summed E-state index contributed by atoms with van der Waals surface area (Å²) in [5, 5.41) is 3.37. The molecule has 180 valence electrons. The maximum absolute atomic E-state index is 6.20. The van der Waals surface area contributed by atoms with E-state index in [1.54, 1.807) is 18.0 Å². The summed E-state index contributed by atoms with van der Waals surface area (Å²) in [6, 6.07) is 6.24. The second-order valence-electron chi connectivity index (χ2n) is 8.41. The van der Waals surface area contributed by atoms with Crippen LogP contribution in [0.2, 0.25) is 0 Å². The van der Waals surface area contributed by atoms with E-state index in [4.69, 9.17) is 4.74 Å². The van der Waals surface area contributed by atoms with Crippen LogP contribution in [0.25, 0.3) is 10.6 Å². The summed E-state index contributed by atoms with van der Waals surface area (Å²) in [6.07, 6.45) is 9.46. The van der Waals surface area contributed by atoms with Gasteiger partial charge in [0.05, 0.1) is 6.61 Å². The Hall–Kier alpha value is -2.46. The van der Waals surface area contributed by atoms with E-state index in [9.17, 15) is 0 Å². The van der Waals surface area contributed by atoms with Gasteiger partial charge in [0.25, 0.3) is 0 Å². The minimum atomic E-state index is 0.518. The van der Waals surface area contributed by atoms with E-state index in [-0.39, 0.29) is 0 Å². The number of hydrogen-bond donors (Lipinski definition) is 1. The van der Waals surface area contributed by atoms with Gasteiger partial charge in [0, 0.05) is 34.6 Å². The number of nitrogens with one attached hydrogen (secondary N) is 1. The van der Waals surface area contributed by atoms with Gasteiger partial charge in [-0.15, -0.1) is 0 Å². The quantitative estimate of drug-likeness (QED) is 0.263. The first-order chi connectivity index (χ1) is 15.7. The maximum Gasteiger partial charge on any atom is 0.120 e. The molecule has 3 nitrogen and oxygen atoms in total. The highest BCUT2D eigenvalue weighted by Crippen LogP contribution is 2.35. The third-order valence-electron chi connectivity index (χ3n) is 5.25. The SMILES string of the molecule is C=C(C=N/C(C)=C\C)CNC(=C)c1cc(OCC(C)CCCC)cc(C(=C)S/C(C)=C\C)c1. The predicted octanol–water partition coefficient (Wildman–Crippen LogP) is 8.63. The van der Waals surface area contributed by atoms with Gasteiger partial charge in [-0.25, -0.2) is 0 Å². The molecule has 1 unspecified atom stereocenters. The van der Waals surface area contributed by atoms with Crippen molar-refractivity contribution in [2.45, 2.75) is 60.8 Å². The normalized spacial score (nSPS) is 13.2. The number of thioether (sulfide) groups is 1. The summed E-state index contributed by atoms with van der Waals surface area (Å²) in [4.78, 5) is 6.57. The first-order valence-corrected chi connectivity index (χ1v) is 12.6. The highest BCUT2D eigenvalue weighted by Gasteiger charge is 2.10. The standard InChI is InChI=1S/C29H42N2OS/c1-10-13-14-21(4)20-32-29-16-27(15-28(17-29)26(9)33-24(7)12-3)25(8)31-19-22(5)18-30-23(6)11-2/h11-12,15-18,21,31H,5,8-10,13-14,19-20H2,1-4,6-7H3/b23-11-,24-12-,30-18?. The molecule has 1 rings (SSSR count). The topological polar surface area (TPSA) is 33.6 Å². The summed E-state index contributed by atoms with van der Waals surface area (Å²) < 4.78 is 6.20. The fraction of sp³-hybridized carbons (Fsp3) is 0.414. The van der Waals surface area contributed by atoms with E-state index >= 15 is 0 Å². The van der Waals surface area contributed by atoms with Crippen LogP contribution in [-0.2, 0) is 0 Å². The van der Waals surface area contributed by atoms with Crippen molar-refractivity contribution in [1.82, 2.24) is 5.32 Å². The number of aliphatic imine (C=N–C) groups is 1. The molecule has 1 N–H and O–H groups in total. The number of ether oxygens (including phenoxy) is 1. The van der Waals surface area contributed by atoms with Gasteiger partial charge in [0.1, 0.15) is 5.75 Å². The summed E-state index contributed by atoms with van der Waals surface area (Å²) in [7, 11) is 0. The molecule has 0 saturated carbocycles. The van der Waals surface area contributed by atoms with Crippen LogP contribution >= 0.6 is 11.8 Å². The zero-order valence-corrected chi connectivity index (χ0v) is 22.3. The molecule has 0 bridgehead atoms. The molecule has 0 saturated heterocycles. The van der Waals surface area contributed by atoms with Crippen LogP contribution in [0.4, 0.5) is 0 Å². The predicted molar refractivity (Wildman–Crippen MR) is 151 cm³/mol. The number of allylic oxidation sites excluding steroid dienone is 4. The molecule has 1 aromatic carbocycles. The van der Waals surface area contributed by atoms with Crippen molar-refractivity contribution < 1.29 is 4.74 Å². The largest absolute Gasteiger partial charge is 0.493 e. The number of nitrogens with zero attached hydrogens (tertiary/aromatic N) is 1. The van der Waals surface area contributed by atoms with Gasteiger partial charge in [-0.3, -0.25) is 4.99 Å². The lowest BCUT2D eigenvalue weighted by Crippen LogP contribution is -2.15. The van der Waals surface area contributed by atoms with E-state index in [1.165, 1.54) is 24.2 Å². The van der Waals surface area contributed by atoms with E-state index in [0.717, 1.165) is 38.7 Å². The first kappa shape index (κ1) is 28.6. The first-order valence-electron chi connectivity index (χ1n) is 11.8. The number of unbranched alkanes of at least 4 members (excludes halogenated alkanes) is 1. The van der Waals surface area contributed by atoms with Gasteiger partial charge in [0.2, 0.25) is 0 Å². The van der Waals surface area contributed by atoms with Crippen LogP contribution < -0.4 is 10.1 Å². The van der Waals surface area contributed by atoms with E-state index in [2.05, 4.69) is 69.0 Å². The van der Waals surface area contributed by atoms with Gasteiger partial charge in [-0.1, -0.05) is 70.3 Å². The molecule has 0 radical (unpaired) electrons. The molecule has 1 aromatic rings. The zero-order chi connectivity index (χ0) is 24.8. The fourth-order valence-corrected chi connectivity index (χ4v) is 3.58. The lowest BCUT2D eigenvalue weighted by atomic mass is 10.1. The highest BCUT2D eigenvalue weighted by atomic mass is 32.2. The molecule has 33 heavy (non-hydrogen) atoms. The summed E-state index contributed by atoms with van der Waals surface area (Å²) in [6.45, 7) is 26.4. The highest BCUT2D eigenvalue weighted by molar-refractivity contribution is 8.11. The number of hydrogen-bond acceptors (Lipinski definition) is 4. The second-order valence-corrected chi connectivity index (χ2v) is 9.75. The molecule has 0 amide bonds. The molecule has 0 spiro atoms. The Morgan fingerprint density at radius 2 is 1.82 bits per heavy atom. The van der Waals surface area contributed by atoms with Crippen molar-refractivity contribution in [3.8, 4) is 5.75 Å². The van der Waals surface area contributed by atoms with Crippen molar-refractivity contribution in [1.29, 1.82) is 0 Å². The van der Waals surface area contributed by atoms with Crippen LogP contribution in [-0.4, -0.2) is 19.4 Å². The maximum atomic E-state index is 6.20. The van der Waals surface area contributed by atoms with Crippen LogP contribution in [0.3, 0.4) is 0 Å². The average molecular weight is 467 g/mol. The third-order valence-corrected chi connectivity index (χ3v) is 6.29. The van der Waals surface area contributed by atoms with E-state index in [0.29, 0.717) is 19.1 Å². The Morgan fingerprint density at radius 1 is 1.12 bits per heavy atom. The third kappa shape index (κ3) is 11.3. The lowest BCUT2D eigenvalue weighted by Gasteiger charge is -2.17. The van der Waals surface area contributed by atoms with Crippen molar-refractivity contribution in [3.05, 3.63) is 77.4 Å². The molecule has 1 atom stereocenters. The van der Waals surface area contributed by atoms with E-state index in [1.807, 2.05) is 32.9 Å². The molecule has 4 heteroatoms. The smallest absolute Gasteiger partial charge is 0.120 e. The molecule has 0 heterocycles. The zero-order valence-electron chi connectivity index (χ0n) is 21.5. The Morgan fingerprint density at radius 3 is 2.45 bits per heavy atom. The fourth-order valence-electron chi connectivity index (χ4n) is 2.84. The number of benzene rings is 1. The van der Waals surface area contributed by atoms with Gasteiger partial charge in [-0.2, -0.15) is 0 Å². The second kappa shape index (κ2) is 15.4. The number of rotatable bonds is 15. The van der Waals surface area contributed by atoms with Crippen LogP contribution in [0, 0.1) is 5.92 Å². The van der Waals surface area contributed by atoms with Crippen molar-refractivity contribution in [2.75, 3.05) is 13.2 Å². The van der Waals surface area contributed by atoms with Gasteiger partial charge >= 0.3 is 0 Å².